The van der Waals surface area contributed by atoms with Gasteiger partial charge in [0.2, 0.25) is 0 Å². The van der Waals surface area contributed by atoms with Crippen molar-refractivity contribution in [1.82, 2.24) is 4.90 Å². The van der Waals surface area contributed by atoms with Crippen LogP contribution in [-0.4, -0.2) is 37.1 Å². The molecule has 0 saturated carbocycles. The van der Waals surface area contributed by atoms with Gasteiger partial charge in [-0.15, -0.1) is 0 Å². The van der Waals surface area contributed by atoms with Crippen LogP contribution in [0.2, 0.25) is 10.0 Å². The van der Waals surface area contributed by atoms with Gasteiger partial charge < -0.3 is 10.6 Å². The number of anilines is 2. The first-order chi connectivity index (χ1) is 9.15. The minimum absolute atomic E-state index is 0.528. The van der Waals surface area contributed by atoms with Gasteiger partial charge in [0.15, 0.2) is 0 Å². The molecule has 2 aliphatic heterocycles. The summed E-state index contributed by atoms with van der Waals surface area (Å²) in [6, 6.07) is 4.33. The molecule has 1 unspecified atom stereocenters. The summed E-state index contributed by atoms with van der Waals surface area (Å²) in [5, 5.41) is 1.11. The predicted octanol–water partition coefficient (Wildman–Crippen LogP) is 3.25. The van der Waals surface area contributed by atoms with E-state index in [2.05, 4.69) is 9.80 Å². The van der Waals surface area contributed by atoms with Crippen molar-refractivity contribution < 1.29 is 0 Å². The van der Waals surface area contributed by atoms with Crippen molar-refractivity contribution in [2.45, 2.75) is 25.3 Å². The van der Waals surface area contributed by atoms with Crippen molar-refractivity contribution in [3.05, 3.63) is 22.2 Å². The average molecular weight is 300 g/mol. The summed E-state index contributed by atoms with van der Waals surface area (Å²) in [5.74, 6) is 0. The fourth-order valence-corrected chi connectivity index (χ4v) is 3.58. The second-order valence-electron chi connectivity index (χ2n) is 5.46. The van der Waals surface area contributed by atoms with Crippen LogP contribution in [0.15, 0.2) is 12.1 Å². The Morgan fingerprint density at radius 1 is 1.05 bits per heavy atom. The summed E-state index contributed by atoms with van der Waals surface area (Å²) >= 11 is 12.1. The Morgan fingerprint density at radius 3 is 2.63 bits per heavy atom. The van der Waals surface area contributed by atoms with Gasteiger partial charge in [0.25, 0.3) is 0 Å². The van der Waals surface area contributed by atoms with Gasteiger partial charge in [-0.2, -0.15) is 0 Å². The van der Waals surface area contributed by atoms with Gasteiger partial charge >= 0.3 is 0 Å². The first-order valence-electron chi connectivity index (χ1n) is 6.88. The third-order valence-corrected chi connectivity index (χ3v) is 4.94. The van der Waals surface area contributed by atoms with E-state index in [4.69, 9.17) is 28.9 Å². The van der Waals surface area contributed by atoms with E-state index in [9.17, 15) is 0 Å². The highest BCUT2D eigenvalue weighted by Gasteiger charge is 2.29. The second-order valence-corrected chi connectivity index (χ2v) is 6.27. The number of hydrogen-bond donors (Lipinski definition) is 1. The molecule has 19 heavy (non-hydrogen) atoms. The van der Waals surface area contributed by atoms with E-state index in [0.717, 1.165) is 24.5 Å². The smallest absolute Gasteiger partial charge is 0.0616 e. The SMILES string of the molecule is Nc1cc(Cl)c(Cl)cc1N1CCCN2CCCC2C1. The number of benzene rings is 1. The molecule has 2 fully saturated rings. The van der Waals surface area contributed by atoms with Gasteiger partial charge in [-0.3, -0.25) is 4.90 Å². The van der Waals surface area contributed by atoms with E-state index >= 15 is 0 Å². The van der Waals surface area contributed by atoms with Crippen molar-refractivity contribution in [2.24, 2.45) is 0 Å². The standard InChI is InChI=1S/C14H19Cl2N3/c15-11-7-13(17)14(8-12(11)16)19-6-2-5-18-4-1-3-10(18)9-19/h7-8,10H,1-6,9,17H2. The number of hydrogen-bond acceptors (Lipinski definition) is 3. The van der Waals surface area contributed by atoms with E-state index in [-0.39, 0.29) is 0 Å². The molecule has 3 rings (SSSR count). The van der Waals surface area contributed by atoms with Crippen LogP contribution in [0.5, 0.6) is 0 Å². The van der Waals surface area contributed by atoms with Gasteiger partial charge in [-0.1, -0.05) is 23.2 Å². The summed E-state index contributed by atoms with van der Waals surface area (Å²) in [4.78, 5) is 4.97. The second kappa shape index (κ2) is 5.39. The molecular weight excluding hydrogens is 281 g/mol. The Bertz CT molecular complexity index is 478. The lowest BCUT2D eigenvalue weighted by Gasteiger charge is -2.28. The molecule has 0 aromatic heterocycles. The lowest BCUT2D eigenvalue weighted by Crippen LogP contribution is -2.36. The van der Waals surface area contributed by atoms with Crippen LogP contribution in [-0.2, 0) is 0 Å². The molecular formula is C14H19Cl2N3. The van der Waals surface area contributed by atoms with Crippen LogP contribution in [0.25, 0.3) is 0 Å². The number of fused-ring (bicyclic) bond motifs is 1. The van der Waals surface area contributed by atoms with Crippen LogP contribution in [0, 0.1) is 0 Å². The van der Waals surface area contributed by atoms with Crippen LogP contribution >= 0.6 is 23.2 Å². The Hall–Kier alpha value is -0.640. The van der Waals surface area contributed by atoms with E-state index < -0.39 is 0 Å². The molecule has 2 aliphatic rings. The zero-order valence-electron chi connectivity index (χ0n) is 10.9. The molecule has 0 aliphatic carbocycles. The third kappa shape index (κ3) is 2.64. The molecule has 3 nitrogen and oxygen atoms in total. The lowest BCUT2D eigenvalue weighted by atomic mass is 10.2. The quantitative estimate of drug-likeness (QED) is 0.808. The van der Waals surface area contributed by atoms with Gasteiger partial charge in [0, 0.05) is 25.7 Å². The van der Waals surface area contributed by atoms with E-state index in [1.165, 1.54) is 32.4 Å². The molecule has 1 aromatic carbocycles. The Morgan fingerprint density at radius 2 is 1.79 bits per heavy atom. The molecule has 0 amide bonds. The summed E-state index contributed by atoms with van der Waals surface area (Å²) in [5.41, 5.74) is 7.86. The van der Waals surface area contributed by atoms with E-state index in [0.29, 0.717) is 16.1 Å². The predicted molar refractivity (Wildman–Crippen MR) is 82.3 cm³/mol. The minimum atomic E-state index is 0.528. The molecule has 2 heterocycles. The van der Waals surface area contributed by atoms with E-state index in [1.807, 2.05) is 6.07 Å². The van der Waals surface area contributed by atoms with Crippen molar-refractivity contribution in [1.29, 1.82) is 0 Å². The van der Waals surface area contributed by atoms with Crippen LogP contribution < -0.4 is 10.6 Å². The van der Waals surface area contributed by atoms with Crippen molar-refractivity contribution in [2.75, 3.05) is 36.8 Å². The van der Waals surface area contributed by atoms with Crippen molar-refractivity contribution >= 4 is 34.6 Å². The van der Waals surface area contributed by atoms with Gasteiger partial charge in [0.05, 0.1) is 21.4 Å². The molecule has 2 saturated heterocycles. The van der Waals surface area contributed by atoms with Crippen LogP contribution in [0.4, 0.5) is 11.4 Å². The number of rotatable bonds is 1. The van der Waals surface area contributed by atoms with Gasteiger partial charge in [-0.25, -0.2) is 0 Å². The summed E-state index contributed by atoms with van der Waals surface area (Å²) in [6.45, 7) is 4.52. The molecule has 5 heteroatoms. The molecule has 0 spiro atoms. The maximum absolute atomic E-state index is 6.13. The zero-order chi connectivity index (χ0) is 13.4. The monoisotopic (exact) mass is 299 g/mol. The van der Waals surface area contributed by atoms with Crippen molar-refractivity contribution in [3.8, 4) is 0 Å². The minimum Gasteiger partial charge on any atom is -0.397 e. The maximum Gasteiger partial charge on any atom is 0.0616 e. The third-order valence-electron chi connectivity index (χ3n) is 4.21. The maximum atomic E-state index is 6.13. The number of nitrogens with two attached hydrogens (primary N) is 1. The summed E-state index contributed by atoms with van der Waals surface area (Å²) in [6.07, 6.45) is 3.78. The molecule has 0 bridgehead atoms. The highest BCUT2D eigenvalue weighted by Crippen LogP contribution is 2.34. The number of nitrogen functional groups attached to an aromatic ring is 1. The van der Waals surface area contributed by atoms with Gasteiger partial charge in [0.1, 0.15) is 0 Å². The summed E-state index contributed by atoms with van der Waals surface area (Å²) < 4.78 is 0. The zero-order valence-corrected chi connectivity index (χ0v) is 12.4. The van der Waals surface area contributed by atoms with Crippen LogP contribution in [0.3, 0.4) is 0 Å². The fourth-order valence-electron chi connectivity index (χ4n) is 3.25. The first kappa shape index (κ1) is 13.3. The molecule has 1 atom stereocenters. The topological polar surface area (TPSA) is 32.5 Å². The van der Waals surface area contributed by atoms with Crippen molar-refractivity contribution in [3.63, 3.8) is 0 Å². The van der Waals surface area contributed by atoms with Gasteiger partial charge in [-0.05, 0) is 37.9 Å². The first-order valence-corrected chi connectivity index (χ1v) is 7.64. The molecule has 104 valence electrons. The lowest BCUT2D eigenvalue weighted by molar-refractivity contribution is 0.273. The largest absolute Gasteiger partial charge is 0.397 e. The fraction of sp³-hybridized carbons (Fsp3) is 0.571. The average Bonchev–Trinajstić information content (AvgIpc) is 2.71. The normalized spacial score (nSPS) is 24.3. The Balaban J connectivity index is 1.86. The molecule has 2 N–H and O–H groups in total. The Labute approximate surface area is 124 Å². The van der Waals surface area contributed by atoms with E-state index in [1.54, 1.807) is 6.07 Å². The highest BCUT2D eigenvalue weighted by atomic mass is 35.5. The number of nitrogens with zero attached hydrogens (tertiary/aromatic N) is 2. The van der Waals surface area contributed by atoms with Crippen LogP contribution in [0.1, 0.15) is 19.3 Å². The number of halogens is 2. The Kier molecular flexibility index (Phi) is 3.79. The molecule has 1 aromatic rings. The molecule has 0 radical (unpaired) electrons. The highest BCUT2D eigenvalue weighted by molar-refractivity contribution is 6.42. The summed E-state index contributed by atoms with van der Waals surface area (Å²) in [7, 11) is 0.